The third-order valence-corrected chi connectivity index (χ3v) is 5.45. The summed E-state index contributed by atoms with van der Waals surface area (Å²) < 4.78 is 5.10. The molecule has 0 spiro atoms. The van der Waals surface area contributed by atoms with Crippen molar-refractivity contribution in [3.63, 3.8) is 0 Å². The molecule has 0 aromatic carbocycles. The van der Waals surface area contributed by atoms with Gasteiger partial charge < -0.3 is 19.6 Å². The van der Waals surface area contributed by atoms with Crippen LogP contribution in [-0.4, -0.2) is 64.7 Å². The van der Waals surface area contributed by atoms with Crippen molar-refractivity contribution in [2.75, 3.05) is 42.6 Å². The number of anilines is 2. The van der Waals surface area contributed by atoms with E-state index in [1.54, 1.807) is 16.7 Å². The van der Waals surface area contributed by atoms with Crippen molar-refractivity contribution in [3.05, 3.63) is 16.4 Å². The molecule has 3 rings (SSSR count). The van der Waals surface area contributed by atoms with E-state index in [-0.39, 0.29) is 29.2 Å². The van der Waals surface area contributed by atoms with E-state index >= 15 is 0 Å². The number of esters is 1. The maximum absolute atomic E-state index is 12.1. The van der Waals surface area contributed by atoms with E-state index in [1.807, 2.05) is 0 Å². The topological polar surface area (TPSA) is 139 Å². The first-order chi connectivity index (χ1) is 13.9. The molecular weight excluding hydrogens is 382 g/mol. The summed E-state index contributed by atoms with van der Waals surface area (Å²) in [7, 11) is 0. The molecule has 3 heterocycles. The Hall–Kier alpha value is -2.98. The molecule has 1 aromatic heterocycles. The summed E-state index contributed by atoms with van der Waals surface area (Å²) in [6.45, 7) is 3.64. The number of carboxylic acid groups (broad SMARTS) is 1. The van der Waals surface area contributed by atoms with Crippen LogP contribution in [0.5, 0.6) is 0 Å². The van der Waals surface area contributed by atoms with Crippen molar-refractivity contribution in [2.45, 2.75) is 32.6 Å². The summed E-state index contributed by atoms with van der Waals surface area (Å²) in [5.41, 5.74) is -0.203. The largest absolute Gasteiger partial charge is 0.481 e. The minimum atomic E-state index is -0.846. The van der Waals surface area contributed by atoms with Gasteiger partial charge in [-0.1, -0.05) is 0 Å². The molecule has 2 saturated heterocycles. The van der Waals surface area contributed by atoms with Gasteiger partial charge in [-0.2, -0.15) is 0 Å². The number of piperidine rings is 2. The lowest BCUT2D eigenvalue weighted by molar-refractivity contribution is -0.383. The van der Waals surface area contributed by atoms with Crippen LogP contribution in [0.2, 0.25) is 0 Å². The molecule has 0 saturated carbocycles. The van der Waals surface area contributed by atoms with Crippen LogP contribution in [0.15, 0.2) is 6.33 Å². The quantitative estimate of drug-likeness (QED) is 0.419. The van der Waals surface area contributed by atoms with E-state index in [2.05, 4.69) is 9.97 Å². The molecule has 29 heavy (non-hydrogen) atoms. The molecule has 1 atom stereocenters. The normalized spacial score (nSPS) is 20.4. The van der Waals surface area contributed by atoms with Crippen molar-refractivity contribution in [1.82, 2.24) is 9.97 Å². The fraction of sp³-hybridized carbons (Fsp3) is 0.667. The van der Waals surface area contributed by atoms with E-state index in [0.717, 1.165) is 0 Å². The molecule has 2 aliphatic rings. The summed E-state index contributed by atoms with van der Waals surface area (Å²) in [5.74, 6) is -1.56. The number of carbonyl (C=O) groups excluding carboxylic acids is 1. The molecule has 0 bridgehead atoms. The van der Waals surface area contributed by atoms with Crippen molar-refractivity contribution in [1.29, 1.82) is 0 Å². The van der Waals surface area contributed by atoms with Gasteiger partial charge in [-0.25, -0.2) is 9.97 Å². The van der Waals surface area contributed by atoms with E-state index in [1.165, 1.54) is 6.33 Å². The zero-order chi connectivity index (χ0) is 21.0. The average Bonchev–Trinajstić information content (AvgIpc) is 2.73. The molecule has 0 aliphatic carbocycles. The Morgan fingerprint density at radius 2 is 1.83 bits per heavy atom. The van der Waals surface area contributed by atoms with E-state index in [9.17, 15) is 19.7 Å². The molecule has 158 valence electrons. The lowest BCUT2D eigenvalue weighted by Crippen LogP contribution is -2.41. The van der Waals surface area contributed by atoms with Crippen LogP contribution < -0.4 is 9.80 Å². The summed E-state index contributed by atoms with van der Waals surface area (Å²) in [5, 5.41) is 21.1. The van der Waals surface area contributed by atoms with Gasteiger partial charge in [0.25, 0.3) is 0 Å². The zero-order valence-electron chi connectivity index (χ0n) is 16.3. The Labute approximate surface area is 167 Å². The van der Waals surface area contributed by atoms with Crippen molar-refractivity contribution >= 4 is 29.3 Å². The fourth-order valence-electron chi connectivity index (χ4n) is 3.95. The number of rotatable bonds is 6. The van der Waals surface area contributed by atoms with Crippen LogP contribution in [0.1, 0.15) is 32.6 Å². The number of hydrogen-bond acceptors (Lipinski definition) is 9. The first-order valence-corrected chi connectivity index (χ1v) is 9.81. The fourth-order valence-corrected chi connectivity index (χ4v) is 3.95. The SMILES string of the molecule is CCOC(=O)C1CCCN(c2ncnc(N3CCC(C(=O)O)CC3)c2[N+](=O)[O-])C1. The number of aromatic nitrogens is 2. The lowest BCUT2D eigenvalue weighted by atomic mass is 9.97. The van der Waals surface area contributed by atoms with Crippen molar-refractivity contribution < 1.29 is 24.4 Å². The van der Waals surface area contributed by atoms with Gasteiger partial charge in [0.1, 0.15) is 6.33 Å². The second-order valence-corrected chi connectivity index (χ2v) is 7.26. The van der Waals surface area contributed by atoms with E-state index in [4.69, 9.17) is 9.84 Å². The van der Waals surface area contributed by atoms with Gasteiger partial charge in [0.2, 0.25) is 11.6 Å². The van der Waals surface area contributed by atoms with Gasteiger partial charge >= 0.3 is 17.6 Å². The minimum Gasteiger partial charge on any atom is -0.481 e. The van der Waals surface area contributed by atoms with E-state index in [0.29, 0.717) is 58.5 Å². The molecule has 0 radical (unpaired) electrons. The van der Waals surface area contributed by atoms with Crippen LogP contribution in [0.3, 0.4) is 0 Å². The van der Waals surface area contributed by atoms with Gasteiger partial charge in [0.15, 0.2) is 0 Å². The maximum atomic E-state index is 12.1. The predicted molar refractivity (Wildman–Crippen MR) is 103 cm³/mol. The molecule has 2 aliphatic heterocycles. The molecule has 1 unspecified atom stereocenters. The van der Waals surface area contributed by atoms with Crippen LogP contribution in [0.4, 0.5) is 17.3 Å². The number of nitrogens with zero attached hydrogens (tertiary/aromatic N) is 5. The van der Waals surface area contributed by atoms with Gasteiger partial charge in [0, 0.05) is 26.2 Å². The molecule has 11 heteroatoms. The lowest BCUT2D eigenvalue weighted by Gasteiger charge is -2.34. The van der Waals surface area contributed by atoms with Gasteiger partial charge in [-0.05, 0) is 32.6 Å². The zero-order valence-corrected chi connectivity index (χ0v) is 16.3. The van der Waals surface area contributed by atoms with Crippen LogP contribution in [0.25, 0.3) is 0 Å². The van der Waals surface area contributed by atoms with Crippen molar-refractivity contribution in [3.8, 4) is 0 Å². The Bertz CT molecular complexity index is 780. The molecule has 11 nitrogen and oxygen atoms in total. The number of nitro groups is 1. The smallest absolute Gasteiger partial charge is 0.353 e. The first kappa shape index (κ1) is 20.7. The standard InChI is InChI=1S/C18H25N5O6/c1-2-29-18(26)13-4-3-7-22(10-13)16-14(23(27)28)15(19-11-20-16)21-8-5-12(6-9-21)17(24)25/h11-13H,2-10H2,1H3,(H,24,25). The molecule has 1 aromatic rings. The number of aliphatic carboxylic acids is 1. The Kier molecular flexibility index (Phi) is 6.45. The van der Waals surface area contributed by atoms with Crippen LogP contribution in [-0.2, 0) is 14.3 Å². The Morgan fingerprint density at radius 1 is 1.17 bits per heavy atom. The highest BCUT2D eigenvalue weighted by Crippen LogP contribution is 2.37. The monoisotopic (exact) mass is 407 g/mol. The van der Waals surface area contributed by atoms with Gasteiger partial charge in [0.05, 0.1) is 23.4 Å². The number of carbonyl (C=O) groups is 2. The van der Waals surface area contributed by atoms with Crippen LogP contribution in [0, 0.1) is 22.0 Å². The highest BCUT2D eigenvalue weighted by atomic mass is 16.6. The highest BCUT2D eigenvalue weighted by Gasteiger charge is 2.36. The highest BCUT2D eigenvalue weighted by molar-refractivity contribution is 5.76. The second-order valence-electron chi connectivity index (χ2n) is 7.26. The number of hydrogen-bond donors (Lipinski definition) is 1. The summed E-state index contributed by atoms with van der Waals surface area (Å²) in [4.78, 5) is 46.5. The Balaban J connectivity index is 1.85. The third-order valence-electron chi connectivity index (χ3n) is 5.45. The van der Waals surface area contributed by atoms with Crippen LogP contribution >= 0.6 is 0 Å². The average molecular weight is 407 g/mol. The Morgan fingerprint density at radius 3 is 2.41 bits per heavy atom. The molecule has 2 fully saturated rings. The molecule has 1 N–H and O–H groups in total. The third kappa shape index (κ3) is 4.54. The second kappa shape index (κ2) is 9.01. The van der Waals surface area contributed by atoms with Crippen molar-refractivity contribution in [2.24, 2.45) is 11.8 Å². The number of ether oxygens (including phenoxy) is 1. The summed E-state index contributed by atoms with van der Waals surface area (Å²) in [6, 6.07) is 0. The summed E-state index contributed by atoms with van der Waals surface area (Å²) in [6.07, 6.45) is 3.46. The number of carboxylic acids is 1. The minimum absolute atomic E-state index is 0.189. The molecular formula is C18H25N5O6. The van der Waals surface area contributed by atoms with Gasteiger partial charge in [-0.3, -0.25) is 19.7 Å². The predicted octanol–water partition coefficient (Wildman–Crippen LogP) is 1.47. The van der Waals surface area contributed by atoms with E-state index < -0.39 is 16.8 Å². The van der Waals surface area contributed by atoms with Gasteiger partial charge in [-0.15, -0.1) is 0 Å². The summed E-state index contributed by atoms with van der Waals surface area (Å²) >= 11 is 0. The first-order valence-electron chi connectivity index (χ1n) is 9.81. The molecule has 0 amide bonds. The maximum Gasteiger partial charge on any atom is 0.353 e.